The second-order valence-corrected chi connectivity index (χ2v) is 4.46. The number of rotatable bonds is 9. The third kappa shape index (κ3) is 8.56. The Morgan fingerprint density at radius 2 is 1.28 bits per heavy atom. The minimum Gasteiger partial charge on any atom is -0.462 e. The van der Waals surface area contributed by atoms with Crippen molar-refractivity contribution >= 4 is 11.9 Å². The van der Waals surface area contributed by atoms with Crippen LogP contribution in [0.3, 0.4) is 0 Å². The number of carbonyl (C=O) groups is 2. The van der Waals surface area contributed by atoms with Gasteiger partial charge in [0.15, 0.2) is 0 Å². The Labute approximate surface area is 109 Å². The zero-order valence-electron chi connectivity index (χ0n) is 11.2. The number of hydrogen-bond acceptors (Lipinski definition) is 4. The highest BCUT2D eigenvalue weighted by molar-refractivity contribution is 5.81. The SMILES string of the molecule is C=CC(=O)OCC(C)CCC(C)COC(=O)C=C. The van der Waals surface area contributed by atoms with Gasteiger partial charge in [-0.15, -0.1) is 0 Å². The largest absolute Gasteiger partial charge is 0.462 e. The number of ether oxygens (including phenoxy) is 2. The number of hydrogen-bond donors (Lipinski definition) is 0. The first-order valence-electron chi connectivity index (χ1n) is 6.08. The maximum Gasteiger partial charge on any atom is 0.330 e. The summed E-state index contributed by atoms with van der Waals surface area (Å²) in [7, 11) is 0. The molecule has 4 heteroatoms. The summed E-state index contributed by atoms with van der Waals surface area (Å²) in [6, 6.07) is 0. The molecule has 0 aromatic heterocycles. The van der Waals surface area contributed by atoms with Crippen molar-refractivity contribution in [1.29, 1.82) is 0 Å². The van der Waals surface area contributed by atoms with E-state index in [4.69, 9.17) is 9.47 Å². The van der Waals surface area contributed by atoms with Crippen molar-refractivity contribution in [3.05, 3.63) is 25.3 Å². The highest BCUT2D eigenvalue weighted by atomic mass is 16.5. The zero-order valence-corrected chi connectivity index (χ0v) is 11.2. The van der Waals surface area contributed by atoms with Crippen LogP contribution in [0.25, 0.3) is 0 Å². The topological polar surface area (TPSA) is 52.6 Å². The summed E-state index contributed by atoms with van der Waals surface area (Å²) in [6.45, 7) is 11.5. The van der Waals surface area contributed by atoms with Crippen LogP contribution in [0.2, 0.25) is 0 Å². The Hall–Kier alpha value is -1.58. The first-order chi connectivity index (χ1) is 8.49. The van der Waals surface area contributed by atoms with Gasteiger partial charge in [-0.1, -0.05) is 27.0 Å². The molecule has 0 aromatic carbocycles. The van der Waals surface area contributed by atoms with Gasteiger partial charge in [0.25, 0.3) is 0 Å². The van der Waals surface area contributed by atoms with Gasteiger partial charge in [-0.3, -0.25) is 0 Å². The van der Waals surface area contributed by atoms with Crippen LogP contribution in [0.15, 0.2) is 25.3 Å². The van der Waals surface area contributed by atoms with E-state index in [9.17, 15) is 9.59 Å². The van der Waals surface area contributed by atoms with Crippen LogP contribution in [0.5, 0.6) is 0 Å². The smallest absolute Gasteiger partial charge is 0.330 e. The van der Waals surface area contributed by atoms with E-state index in [-0.39, 0.29) is 11.8 Å². The highest BCUT2D eigenvalue weighted by Crippen LogP contribution is 2.13. The fourth-order valence-corrected chi connectivity index (χ4v) is 1.30. The highest BCUT2D eigenvalue weighted by Gasteiger charge is 2.10. The minimum atomic E-state index is -0.394. The quantitative estimate of drug-likeness (QED) is 0.468. The Balaban J connectivity index is 3.67. The van der Waals surface area contributed by atoms with Crippen molar-refractivity contribution < 1.29 is 19.1 Å². The lowest BCUT2D eigenvalue weighted by molar-refractivity contribution is -0.140. The molecular weight excluding hydrogens is 232 g/mol. The zero-order chi connectivity index (χ0) is 14.0. The molecule has 4 nitrogen and oxygen atoms in total. The second-order valence-electron chi connectivity index (χ2n) is 4.46. The van der Waals surface area contributed by atoms with Crippen LogP contribution in [-0.4, -0.2) is 25.2 Å². The molecule has 0 N–H and O–H groups in total. The van der Waals surface area contributed by atoms with Gasteiger partial charge in [-0.25, -0.2) is 9.59 Å². The molecule has 0 rings (SSSR count). The Bertz CT molecular complexity index is 266. The summed E-state index contributed by atoms with van der Waals surface area (Å²) < 4.78 is 9.89. The van der Waals surface area contributed by atoms with Crippen molar-refractivity contribution in [1.82, 2.24) is 0 Å². The van der Waals surface area contributed by atoms with E-state index in [1.54, 1.807) is 0 Å². The summed E-state index contributed by atoms with van der Waals surface area (Å²) in [4.78, 5) is 21.7. The molecule has 0 heterocycles. The Morgan fingerprint density at radius 3 is 1.56 bits per heavy atom. The average Bonchev–Trinajstić information content (AvgIpc) is 2.39. The number of esters is 2. The number of carbonyl (C=O) groups excluding carboxylic acids is 2. The first kappa shape index (κ1) is 16.4. The van der Waals surface area contributed by atoms with Crippen LogP contribution in [0, 0.1) is 11.8 Å². The molecule has 2 unspecified atom stereocenters. The molecule has 0 spiro atoms. The molecule has 0 saturated heterocycles. The lowest BCUT2D eigenvalue weighted by Gasteiger charge is -2.15. The fraction of sp³-hybridized carbons (Fsp3) is 0.571. The predicted molar refractivity (Wildman–Crippen MR) is 69.9 cm³/mol. The maximum absolute atomic E-state index is 10.9. The Kier molecular flexibility index (Phi) is 8.62. The summed E-state index contributed by atoms with van der Waals surface area (Å²) in [5.41, 5.74) is 0. The van der Waals surface area contributed by atoms with Crippen LogP contribution in [0.1, 0.15) is 26.7 Å². The minimum absolute atomic E-state index is 0.284. The molecule has 102 valence electrons. The molecule has 0 saturated carbocycles. The Morgan fingerprint density at radius 1 is 0.944 bits per heavy atom. The van der Waals surface area contributed by atoms with E-state index in [1.165, 1.54) is 0 Å². The normalized spacial score (nSPS) is 13.2. The van der Waals surface area contributed by atoms with E-state index in [2.05, 4.69) is 13.2 Å². The summed E-state index contributed by atoms with van der Waals surface area (Å²) >= 11 is 0. The van der Waals surface area contributed by atoms with E-state index in [1.807, 2.05) is 13.8 Å². The molecule has 0 fully saturated rings. The van der Waals surface area contributed by atoms with Gasteiger partial charge in [0.2, 0.25) is 0 Å². The molecule has 0 aliphatic rings. The predicted octanol–water partition coefficient (Wildman–Crippen LogP) is 2.50. The third-order valence-electron chi connectivity index (χ3n) is 2.51. The fourth-order valence-electron chi connectivity index (χ4n) is 1.30. The molecule has 0 aromatic rings. The van der Waals surface area contributed by atoms with Crippen molar-refractivity contribution in [3.8, 4) is 0 Å². The first-order valence-corrected chi connectivity index (χ1v) is 6.08. The second kappa shape index (κ2) is 9.45. The molecule has 0 aliphatic heterocycles. The molecule has 0 radical (unpaired) electrons. The van der Waals surface area contributed by atoms with E-state index >= 15 is 0 Å². The van der Waals surface area contributed by atoms with Gasteiger partial charge in [0.1, 0.15) is 0 Å². The van der Waals surface area contributed by atoms with E-state index < -0.39 is 11.9 Å². The van der Waals surface area contributed by atoms with Gasteiger partial charge in [0, 0.05) is 12.2 Å². The van der Waals surface area contributed by atoms with E-state index in [0.29, 0.717) is 13.2 Å². The lowest BCUT2D eigenvalue weighted by atomic mass is 9.99. The maximum atomic E-state index is 10.9. The van der Waals surface area contributed by atoms with Gasteiger partial charge < -0.3 is 9.47 Å². The molecule has 18 heavy (non-hydrogen) atoms. The van der Waals surface area contributed by atoms with Crippen LogP contribution >= 0.6 is 0 Å². The van der Waals surface area contributed by atoms with Gasteiger partial charge in [-0.2, -0.15) is 0 Å². The third-order valence-corrected chi connectivity index (χ3v) is 2.51. The van der Waals surface area contributed by atoms with Crippen LogP contribution in [-0.2, 0) is 19.1 Å². The molecular formula is C14H22O4. The lowest BCUT2D eigenvalue weighted by Crippen LogP contribution is -2.14. The van der Waals surface area contributed by atoms with Crippen molar-refractivity contribution in [2.45, 2.75) is 26.7 Å². The van der Waals surface area contributed by atoms with E-state index in [0.717, 1.165) is 25.0 Å². The van der Waals surface area contributed by atoms with Gasteiger partial charge in [0.05, 0.1) is 13.2 Å². The summed E-state index contributed by atoms with van der Waals surface area (Å²) in [5, 5.41) is 0. The average molecular weight is 254 g/mol. The summed E-state index contributed by atoms with van der Waals surface area (Å²) in [6.07, 6.45) is 4.14. The molecule has 0 bridgehead atoms. The van der Waals surface area contributed by atoms with Crippen molar-refractivity contribution in [2.75, 3.05) is 13.2 Å². The monoisotopic (exact) mass is 254 g/mol. The molecule has 0 aliphatic carbocycles. The van der Waals surface area contributed by atoms with Crippen LogP contribution < -0.4 is 0 Å². The van der Waals surface area contributed by atoms with Crippen LogP contribution in [0.4, 0.5) is 0 Å². The molecule has 0 amide bonds. The van der Waals surface area contributed by atoms with Gasteiger partial charge >= 0.3 is 11.9 Å². The van der Waals surface area contributed by atoms with Crippen molar-refractivity contribution in [2.24, 2.45) is 11.8 Å². The van der Waals surface area contributed by atoms with Crippen molar-refractivity contribution in [3.63, 3.8) is 0 Å². The van der Waals surface area contributed by atoms with Gasteiger partial charge in [-0.05, 0) is 24.7 Å². The summed E-state index contributed by atoms with van der Waals surface area (Å²) in [5.74, 6) is -0.220. The molecule has 2 atom stereocenters. The standard InChI is InChI=1S/C14H22O4/c1-5-13(15)17-9-11(3)7-8-12(4)10-18-14(16)6-2/h5-6,11-12H,1-2,7-10H2,3-4H3.